The molecule has 27 heavy (non-hydrogen) atoms. The Morgan fingerprint density at radius 2 is 2.22 bits per heavy atom. The molecule has 7 nitrogen and oxygen atoms in total. The maximum Gasteiger partial charge on any atom is 0.310 e. The fraction of sp³-hybridized carbons (Fsp3) is 0.550. The topological polar surface area (TPSA) is 77.4 Å². The number of hydrogen-bond acceptors (Lipinski definition) is 6. The molecule has 2 aliphatic heterocycles. The maximum atomic E-state index is 12.8. The Morgan fingerprint density at radius 1 is 1.37 bits per heavy atom. The van der Waals surface area contributed by atoms with Gasteiger partial charge in [-0.05, 0) is 37.5 Å². The van der Waals surface area contributed by atoms with Crippen molar-refractivity contribution in [3.8, 4) is 5.75 Å². The quantitative estimate of drug-likeness (QED) is 0.714. The molecule has 0 N–H and O–H groups in total. The van der Waals surface area contributed by atoms with Crippen LogP contribution in [0.4, 0.5) is 0 Å². The average Bonchev–Trinajstić information content (AvgIpc) is 3.16. The summed E-state index contributed by atoms with van der Waals surface area (Å²) in [6, 6.07) is 7.76. The lowest BCUT2D eigenvalue weighted by Gasteiger charge is -2.32. The van der Waals surface area contributed by atoms with E-state index in [1.165, 1.54) is 0 Å². The second-order valence-corrected chi connectivity index (χ2v) is 6.86. The van der Waals surface area contributed by atoms with E-state index in [1.54, 1.807) is 18.9 Å². The van der Waals surface area contributed by atoms with Gasteiger partial charge in [-0.3, -0.25) is 9.59 Å². The minimum Gasteiger partial charge on any atom is -0.497 e. The number of carbonyl (C=O) groups is 2. The number of oxime groups is 1. The number of carbonyl (C=O) groups excluding carboxylic acids is 2. The fourth-order valence-electron chi connectivity index (χ4n) is 3.52. The minimum absolute atomic E-state index is 0.103. The van der Waals surface area contributed by atoms with Gasteiger partial charge in [0.1, 0.15) is 5.75 Å². The van der Waals surface area contributed by atoms with Crippen LogP contribution in [0, 0.1) is 5.92 Å². The number of benzene rings is 1. The standard InChI is InChI=1S/C20H26N2O5/c1-3-26-20(24)15-7-5-9-22(13-15)19(23)18-12-16(21-27-18)10-14-6-4-8-17(11-14)25-2/h4,6,8,11,15,18H,3,5,7,9-10,12-13H2,1-2H3. The van der Waals surface area contributed by atoms with Crippen molar-refractivity contribution in [1.82, 2.24) is 4.90 Å². The van der Waals surface area contributed by atoms with Crippen molar-refractivity contribution in [2.45, 2.75) is 38.7 Å². The summed E-state index contributed by atoms with van der Waals surface area (Å²) in [6.45, 7) is 3.18. The predicted molar refractivity (Wildman–Crippen MR) is 99.6 cm³/mol. The molecular weight excluding hydrogens is 348 g/mol. The number of ether oxygens (including phenoxy) is 2. The van der Waals surface area contributed by atoms with Crippen LogP contribution in [0.1, 0.15) is 31.7 Å². The highest BCUT2D eigenvalue weighted by atomic mass is 16.6. The van der Waals surface area contributed by atoms with Crippen molar-refractivity contribution in [2.24, 2.45) is 11.1 Å². The van der Waals surface area contributed by atoms with E-state index < -0.39 is 6.10 Å². The number of nitrogens with zero attached hydrogens (tertiary/aromatic N) is 2. The molecule has 2 heterocycles. The molecule has 0 aliphatic carbocycles. The first kappa shape index (κ1) is 19.2. The Bertz CT molecular complexity index is 718. The Morgan fingerprint density at radius 3 is 3.00 bits per heavy atom. The SMILES string of the molecule is CCOC(=O)C1CCCN(C(=O)C2CC(Cc3cccc(OC)c3)=NO2)C1. The van der Waals surface area contributed by atoms with Crippen LogP contribution < -0.4 is 4.74 Å². The summed E-state index contributed by atoms with van der Waals surface area (Å²) in [4.78, 5) is 31.9. The van der Waals surface area contributed by atoms with Gasteiger partial charge in [0.05, 0.1) is 25.3 Å². The second-order valence-electron chi connectivity index (χ2n) is 6.86. The van der Waals surface area contributed by atoms with Crippen molar-refractivity contribution >= 4 is 17.6 Å². The number of piperidine rings is 1. The molecule has 0 aromatic heterocycles. The van der Waals surface area contributed by atoms with Gasteiger partial charge >= 0.3 is 5.97 Å². The van der Waals surface area contributed by atoms with Crippen LogP contribution >= 0.6 is 0 Å². The van der Waals surface area contributed by atoms with E-state index in [2.05, 4.69) is 5.16 Å². The van der Waals surface area contributed by atoms with Crippen LogP contribution in [0.15, 0.2) is 29.4 Å². The minimum atomic E-state index is -0.605. The monoisotopic (exact) mass is 374 g/mol. The molecule has 0 spiro atoms. The van der Waals surface area contributed by atoms with Gasteiger partial charge in [-0.25, -0.2) is 0 Å². The summed E-state index contributed by atoms with van der Waals surface area (Å²) in [7, 11) is 1.63. The van der Waals surface area contributed by atoms with Crippen molar-refractivity contribution in [1.29, 1.82) is 0 Å². The zero-order valence-corrected chi connectivity index (χ0v) is 15.8. The van der Waals surface area contributed by atoms with Crippen LogP contribution in [0.25, 0.3) is 0 Å². The van der Waals surface area contributed by atoms with Crippen molar-refractivity contribution in [2.75, 3.05) is 26.8 Å². The lowest BCUT2D eigenvalue weighted by molar-refractivity contribution is -0.153. The molecule has 1 saturated heterocycles. The summed E-state index contributed by atoms with van der Waals surface area (Å²) in [5.74, 6) is 0.213. The summed E-state index contributed by atoms with van der Waals surface area (Å²) in [5.41, 5.74) is 1.89. The average molecular weight is 374 g/mol. The lowest BCUT2D eigenvalue weighted by atomic mass is 9.97. The molecule has 0 bridgehead atoms. The zero-order chi connectivity index (χ0) is 19.2. The molecule has 2 unspecified atom stereocenters. The number of likely N-dealkylation sites (tertiary alicyclic amines) is 1. The van der Waals surface area contributed by atoms with Gasteiger partial charge in [0, 0.05) is 25.9 Å². The van der Waals surface area contributed by atoms with E-state index in [0.717, 1.165) is 29.9 Å². The highest BCUT2D eigenvalue weighted by Crippen LogP contribution is 2.23. The van der Waals surface area contributed by atoms with Crippen molar-refractivity contribution in [3.63, 3.8) is 0 Å². The van der Waals surface area contributed by atoms with E-state index in [1.807, 2.05) is 24.3 Å². The van der Waals surface area contributed by atoms with Crippen LogP contribution in [0.5, 0.6) is 5.75 Å². The van der Waals surface area contributed by atoms with Gasteiger partial charge in [-0.2, -0.15) is 0 Å². The lowest BCUT2D eigenvalue weighted by Crippen LogP contribution is -2.47. The number of esters is 1. The largest absolute Gasteiger partial charge is 0.497 e. The molecule has 146 valence electrons. The first-order chi connectivity index (χ1) is 13.1. The van der Waals surface area contributed by atoms with E-state index in [4.69, 9.17) is 14.3 Å². The molecule has 3 rings (SSSR count). The Kier molecular flexibility index (Phi) is 6.32. The van der Waals surface area contributed by atoms with Crippen LogP contribution in [0.3, 0.4) is 0 Å². The summed E-state index contributed by atoms with van der Waals surface area (Å²) in [5, 5.41) is 4.10. The van der Waals surface area contributed by atoms with Gasteiger partial charge in [0.15, 0.2) is 0 Å². The van der Waals surface area contributed by atoms with E-state index in [-0.39, 0.29) is 17.8 Å². The maximum absolute atomic E-state index is 12.8. The Hall–Kier alpha value is -2.57. The number of hydrogen-bond donors (Lipinski definition) is 0. The molecule has 7 heteroatoms. The first-order valence-corrected chi connectivity index (χ1v) is 9.40. The third-order valence-corrected chi connectivity index (χ3v) is 4.90. The van der Waals surface area contributed by atoms with Gasteiger partial charge in [0.2, 0.25) is 6.10 Å². The molecule has 2 atom stereocenters. The zero-order valence-electron chi connectivity index (χ0n) is 15.8. The summed E-state index contributed by atoms with van der Waals surface area (Å²) >= 11 is 0. The number of amides is 1. The van der Waals surface area contributed by atoms with Crippen molar-refractivity contribution < 1.29 is 23.9 Å². The second kappa shape index (κ2) is 8.88. The molecule has 1 aromatic carbocycles. The molecule has 1 fully saturated rings. The van der Waals surface area contributed by atoms with Gasteiger partial charge in [-0.15, -0.1) is 0 Å². The van der Waals surface area contributed by atoms with Crippen LogP contribution in [-0.2, 0) is 25.6 Å². The van der Waals surface area contributed by atoms with Crippen molar-refractivity contribution in [3.05, 3.63) is 29.8 Å². The molecule has 1 aromatic rings. The summed E-state index contributed by atoms with van der Waals surface area (Å²) < 4.78 is 10.3. The molecular formula is C20H26N2O5. The summed E-state index contributed by atoms with van der Waals surface area (Å²) in [6.07, 6.45) is 2.03. The fourth-order valence-corrected chi connectivity index (χ4v) is 3.52. The highest BCUT2D eigenvalue weighted by molar-refractivity contribution is 5.94. The van der Waals surface area contributed by atoms with E-state index in [0.29, 0.717) is 32.5 Å². The highest BCUT2D eigenvalue weighted by Gasteiger charge is 2.36. The number of methoxy groups -OCH3 is 1. The van der Waals surface area contributed by atoms with Crippen LogP contribution in [-0.4, -0.2) is 55.4 Å². The van der Waals surface area contributed by atoms with Gasteiger partial charge < -0.3 is 19.2 Å². The normalized spacial score (nSPS) is 22.0. The predicted octanol–water partition coefficient (Wildman–Crippen LogP) is 2.18. The smallest absolute Gasteiger partial charge is 0.310 e. The van der Waals surface area contributed by atoms with Crippen LogP contribution in [0.2, 0.25) is 0 Å². The third-order valence-electron chi connectivity index (χ3n) is 4.90. The molecule has 0 saturated carbocycles. The Labute approximate surface area is 159 Å². The van der Waals surface area contributed by atoms with E-state index >= 15 is 0 Å². The van der Waals surface area contributed by atoms with Gasteiger partial charge in [-0.1, -0.05) is 17.3 Å². The molecule has 2 aliphatic rings. The molecule has 0 radical (unpaired) electrons. The Balaban J connectivity index is 1.54. The van der Waals surface area contributed by atoms with E-state index in [9.17, 15) is 9.59 Å². The number of rotatable bonds is 6. The third kappa shape index (κ3) is 4.78. The first-order valence-electron chi connectivity index (χ1n) is 9.40. The van der Waals surface area contributed by atoms with Gasteiger partial charge in [0.25, 0.3) is 5.91 Å². The molecule has 1 amide bonds.